The molecule has 1 aliphatic carbocycles. The molecule has 0 unspecified atom stereocenters. The Hall–Kier alpha value is -2.15. The normalized spacial score (nSPS) is 20.0. The SMILES string of the molecule is COC[C@H]1CN(C(=O)c2cc(C)[nH]c2C)Cc2nnn(CC3CC3)c21. The molecule has 4 rings (SSSR count). The van der Waals surface area contributed by atoms with Gasteiger partial charge in [-0.15, -0.1) is 5.10 Å². The van der Waals surface area contributed by atoms with Crippen LogP contribution >= 0.6 is 0 Å². The average molecular weight is 343 g/mol. The maximum atomic E-state index is 13.0. The van der Waals surface area contributed by atoms with Crippen molar-refractivity contribution in [3.63, 3.8) is 0 Å². The predicted molar refractivity (Wildman–Crippen MR) is 92.4 cm³/mol. The number of carbonyl (C=O) groups is 1. The van der Waals surface area contributed by atoms with Gasteiger partial charge in [0.25, 0.3) is 5.91 Å². The third-order valence-electron chi connectivity index (χ3n) is 5.18. The summed E-state index contributed by atoms with van der Waals surface area (Å²) >= 11 is 0. The van der Waals surface area contributed by atoms with E-state index in [0.29, 0.717) is 19.7 Å². The Balaban J connectivity index is 1.61. The number of methoxy groups -OCH3 is 1. The first-order valence-electron chi connectivity index (χ1n) is 8.93. The second-order valence-electron chi connectivity index (χ2n) is 7.38. The van der Waals surface area contributed by atoms with Gasteiger partial charge in [-0.1, -0.05) is 5.21 Å². The maximum absolute atomic E-state index is 13.0. The van der Waals surface area contributed by atoms with Crippen LogP contribution in [0.3, 0.4) is 0 Å². The third kappa shape index (κ3) is 3.08. The molecule has 2 aromatic rings. The summed E-state index contributed by atoms with van der Waals surface area (Å²) in [4.78, 5) is 18.1. The molecule has 1 amide bonds. The lowest BCUT2D eigenvalue weighted by molar-refractivity contribution is 0.0671. The Morgan fingerprint density at radius 3 is 2.84 bits per heavy atom. The number of aromatic nitrogens is 4. The van der Waals surface area contributed by atoms with E-state index in [4.69, 9.17) is 4.74 Å². The number of fused-ring (bicyclic) bond motifs is 1. The van der Waals surface area contributed by atoms with Gasteiger partial charge in [0, 0.05) is 37.5 Å². The monoisotopic (exact) mass is 343 g/mol. The van der Waals surface area contributed by atoms with Gasteiger partial charge in [0.05, 0.1) is 24.4 Å². The van der Waals surface area contributed by atoms with Crippen LogP contribution in [0.1, 0.15) is 51.9 Å². The van der Waals surface area contributed by atoms with Crippen LogP contribution in [0.2, 0.25) is 0 Å². The molecule has 0 saturated heterocycles. The summed E-state index contributed by atoms with van der Waals surface area (Å²) in [6, 6.07) is 1.92. The lowest BCUT2D eigenvalue weighted by Gasteiger charge is -2.32. The first-order chi connectivity index (χ1) is 12.1. The number of H-pyrrole nitrogens is 1. The first kappa shape index (κ1) is 16.3. The van der Waals surface area contributed by atoms with Crippen molar-refractivity contribution in [2.45, 2.75) is 45.7 Å². The number of amides is 1. The molecule has 2 aromatic heterocycles. The molecular weight excluding hydrogens is 318 g/mol. The highest BCUT2D eigenvalue weighted by molar-refractivity contribution is 5.95. The second kappa shape index (κ2) is 6.29. The molecule has 1 fully saturated rings. The van der Waals surface area contributed by atoms with Crippen molar-refractivity contribution in [1.82, 2.24) is 24.9 Å². The van der Waals surface area contributed by atoms with E-state index in [1.807, 2.05) is 29.5 Å². The zero-order valence-corrected chi connectivity index (χ0v) is 15.1. The summed E-state index contributed by atoms with van der Waals surface area (Å²) in [5.74, 6) is 0.899. The van der Waals surface area contributed by atoms with Gasteiger partial charge < -0.3 is 14.6 Å². The molecular formula is C18H25N5O2. The minimum absolute atomic E-state index is 0.0466. The van der Waals surface area contributed by atoms with E-state index in [0.717, 1.165) is 40.8 Å². The van der Waals surface area contributed by atoms with E-state index < -0.39 is 0 Å². The molecule has 1 aliphatic heterocycles. The fraction of sp³-hybridized carbons (Fsp3) is 0.611. The van der Waals surface area contributed by atoms with Gasteiger partial charge in [0.15, 0.2) is 0 Å². The Kier molecular flexibility index (Phi) is 4.11. The molecule has 7 heteroatoms. The largest absolute Gasteiger partial charge is 0.384 e. The van der Waals surface area contributed by atoms with E-state index in [1.165, 1.54) is 12.8 Å². The highest BCUT2D eigenvalue weighted by Gasteiger charge is 2.35. The molecule has 0 spiro atoms. The van der Waals surface area contributed by atoms with Crippen molar-refractivity contribution in [2.75, 3.05) is 20.3 Å². The van der Waals surface area contributed by atoms with Crippen LogP contribution in [0.4, 0.5) is 0 Å². The van der Waals surface area contributed by atoms with Crippen molar-refractivity contribution in [3.05, 3.63) is 34.4 Å². The van der Waals surface area contributed by atoms with Gasteiger partial charge in [-0.3, -0.25) is 4.79 Å². The Labute approximate surface area is 147 Å². The zero-order chi connectivity index (χ0) is 17.6. The van der Waals surface area contributed by atoms with Crippen LogP contribution in [0.15, 0.2) is 6.07 Å². The lowest BCUT2D eigenvalue weighted by atomic mass is 9.98. The van der Waals surface area contributed by atoms with Crippen molar-refractivity contribution in [2.24, 2.45) is 5.92 Å². The number of aromatic amines is 1. The van der Waals surface area contributed by atoms with Crippen LogP contribution in [-0.4, -0.2) is 51.0 Å². The molecule has 1 atom stereocenters. The molecule has 2 aliphatic rings. The van der Waals surface area contributed by atoms with E-state index in [-0.39, 0.29) is 11.8 Å². The van der Waals surface area contributed by atoms with Gasteiger partial charge in [-0.2, -0.15) is 0 Å². The Morgan fingerprint density at radius 1 is 1.40 bits per heavy atom. The quantitative estimate of drug-likeness (QED) is 0.901. The number of hydrogen-bond donors (Lipinski definition) is 1. The lowest BCUT2D eigenvalue weighted by Crippen LogP contribution is -2.40. The van der Waals surface area contributed by atoms with Crippen LogP contribution < -0.4 is 0 Å². The summed E-state index contributed by atoms with van der Waals surface area (Å²) in [6.45, 7) is 6.57. The second-order valence-corrected chi connectivity index (χ2v) is 7.38. The van der Waals surface area contributed by atoms with Crippen molar-refractivity contribution in [3.8, 4) is 0 Å². The molecule has 25 heavy (non-hydrogen) atoms. The fourth-order valence-corrected chi connectivity index (χ4v) is 3.80. The van der Waals surface area contributed by atoms with Gasteiger partial charge in [-0.25, -0.2) is 4.68 Å². The van der Waals surface area contributed by atoms with Crippen LogP contribution in [-0.2, 0) is 17.8 Å². The zero-order valence-electron chi connectivity index (χ0n) is 15.1. The van der Waals surface area contributed by atoms with E-state index in [2.05, 4.69) is 15.3 Å². The fourth-order valence-electron chi connectivity index (χ4n) is 3.80. The molecule has 1 N–H and O–H groups in total. The van der Waals surface area contributed by atoms with Gasteiger partial charge in [0.1, 0.15) is 5.69 Å². The minimum atomic E-state index is 0.0466. The van der Waals surface area contributed by atoms with Crippen LogP contribution in [0.5, 0.6) is 0 Å². The summed E-state index contributed by atoms with van der Waals surface area (Å²) in [7, 11) is 1.70. The van der Waals surface area contributed by atoms with E-state index >= 15 is 0 Å². The summed E-state index contributed by atoms with van der Waals surface area (Å²) in [6.07, 6.45) is 2.56. The van der Waals surface area contributed by atoms with Gasteiger partial charge in [0.2, 0.25) is 0 Å². The number of nitrogens with one attached hydrogen (secondary N) is 1. The van der Waals surface area contributed by atoms with Crippen LogP contribution in [0.25, 0.3) is 0 Å². The molecule has 1 saturated carbocycles. The maximum Gasteiger partial charge on any atom is 0.256 e. The smallest absolute Gasteiger partial charge is 0.256 e. The van der Waals surface area contributed by atoms with Crippen molar-refractivity contribution < 1.29 is 9.53 Å². The Bertz CT molecular complexity index is 789. The molecule has 0 aromatic carbocycles. The Morgan fingerprint density at radius 2 is 2.20 bits per heavy atom. The number of rotatable bonds is 5. The molecule has 134 valence electrons. The highest BCUT2D eigenvalue weighted by Crippen LogP contribution is 2.34. The molecule has 3 heterocycles. The van der Waals surface area contributed by atoms with Gasteiger partial charge in [-0.05, 0) is 38.7 Å². The van der Waals surface area contributed by atoms with Crippen LogP contribution in [0, 0.1) is 19.8 Å². The number of carbonyl (C=O) groups excluding carboxylic acids is 1. The van der Waals surface area contributed by atoms with Crippen molar-refractivity contribution >= 4 is 5.91 Å². The first-order valence-corrected chi connectivity index (χ1v) is 8.93. The molecule has 0 radical (unpaired) electrons. The summed E-state index contributed by atoms with van der Waals surface area (Å²) in [5, 5.41) is 8.75. The van der Waals surface area contributed by atoms with E-state index in [1.54, 1.807) is 7.11 Å². The highest BCUT2D eigenvalue weighted by atomic mass is 16.5. The number of ether oxygens (including phenoxy) is 1. The van der Waals surface area contributed by atoms with Crippen molar-refractivity contribution in [1.29, 1.82) is 0 Å². The summed E-state index contributed by atoms with van der Waals surface area (Å²) in [5.41, 5.74) is 4.71. The van der Waals surface area contributed by atoms with Gasteiger partial charge >= 0.3 is 0 Å². The summed E-state index contributed by atoms with van der Waals surface area (Å²) < 4.78 is 7.48. The number of hydrogen-bond acceptors (Lipinski definition) is 4. The third-order valence-corrected chi connectivity index (χ3v) is 5.18. The predicted octanol–water partition coefficient (Wildman–Crippen LogP) is 2.02. The molecule has 0 bridgehead atoms. The average Bonchev–Trinajstić information content (AvgIpc) is 3.20. The topological polar surface area (TPSA) is 76.0 Å². The van der Waals surface area contributed by atoms with E-state index in [9.17, 15) is 4.79 Å². The molecule has 7 nitrogen and oxygen atoms in total. The standard InChI is InChI=1S/C18H25N5O2/c1-11-6-15(12(2)19-11)18(24)22-8-14(10-25-3)17-16(9-22)20-21-23(17)7-13-4-5-13/h6,13-14,19H,4-5,7-10H2,1-3H3/t14-/m1/s1. The number of aryl methyl sites for hydroxylation is 2. The minimum Gasteiger partial charge on any atom is -0.384 e. The number of nitrogens with zero attached hydrogens (tertiary/aromatic N) is 4.